The zero-order valence-corrected chi connectivity index (χ0v) is 17.1. The Morgan fingerprint density at radius 3 is 2.63 bits per heavy atom. The third-order valence-corrected chi connectivity index (χ3v) is 5.06. The maximum Gasteiger partial charge on any atom is 0.258 e. The maximum absolute atomic E-state index is 12.4. The Morgan fingerprint density at radius 1 is 1.10 bits per heavy atom. The molecule has 2 aromatic carbocycles. The first kappa shape index (κ1) is 19.7. The molecule has 30 heavy (non-hydrogen) atoms. The van der Waals surface area contributed by atoms with E-state index < -0.39 is 0 Å². The zero-order chi connectivity index (χ0) is 21.1. The Kier molecular flexibility index (Phi) is 5.50. The molecule has 1 aliphatic rings. The highest BCUT2D eigenvalue weighted by Gasteiger charge is 2.26. The van der Waals surface area contributed by atoms with E-state index in [0.29, 0.717) is 11.3 Å². The molecule has 0 fully saturated rings. The molecule has 3 aromatic rings. The number of fused-ring (bicyclic) bond motifs is 1. The van der Waals surface area contributed by atoms with Crippen LogP contribution in [0, 0.1) is 0 Å². The molecule has 4 N–H and O–H groups in total. The van der Waals surface area contributed by atoms with Crippen LogP contribution in [0.5, 0.6) is 0 Å². The van der Waals surface area contributed by atoms with Gasteiger partial charge in [-0.1, -0.05) is 18.2 Å². The number of anilines is 3. The predicted octanol–water partition coefficient (Wildman–Crippen LogP) is 4.09. The summed E-state index contributed by atoms with van der Waals surface area (Å²) in [6.45, 7) is 3.53. The first-order valence-electron chi connectivity index (χ1n) is 9.86. The third kappa shape index (κ3) is 4.34. The van der Waals surface area contributed by atoms with Crippen LogP contribution in [0.2, 0.25) is 0 Å². The van der Waals surface area contributed by atoms with Gasteiger partial charge in [0.05, 0.1) is 11.3 Å². The van der Waals surface area contributed by atoms with Gasteiger partial charge in [-0.05, 0) is 62.0 Å². The second-order valence-electron chi connectivity index (χ2n) is 7.57. The molecule has 0 atom stereocenters. The Balaban J connectivity index is 1.44. The molecule has 6 nitrogen and oxygen atoms in total. The topological polar surface area (TPSA) is 83.3 Å². The summed E-state index contributed by atoms with van der Waals surface area (Å²) in [5.41, 5.74) is 12.8. The number of amides is 1. The van der Waals surface area contributed by atoms with E-state index in [2.05, 4.69) is 39.7 Å². The number of rotatable bonds is 6. The Labute approximate surface area is 176 Å². The molecule has 1 aliphatic heterocycles. The number of nitrogens with zero attached hydrogens (tertiary/aromatic N) is 2. The number of carbonyl (C=O) groups excluding carboxylic acids is 1. The summed E-state index contributed by atoms with van der Waals surface area (Å²) in [7, 11) is 2.08. The molecule has 152 valence electrons. The highest BCUT2D eigenvalue weighted by Crippen LogP contribution is 2.35. The SMILES string of the molecule is CC(Nc1ccc(CN(C)Cc2ccccn2)cc1)=C1C(=O)Nc2ccc(N)cc21. The van der Waals surface area contributed by atoms with Crippen molar-refractivity contribution in [3.05, 3.63) is 89.4 Å². The van der Waals surface area contributed by atoms with Gasteiger partial charge in [-0.25, -0.2) is 0 Å². The average Bonchev–Trinajstić information content (AvgIpc) is 3.05. The van der Waals surface area contributed by atoms with Crippen LogP contribution in [0.4, 0.5) is 17.1 Å². The van der Waals surface area contributed by atoms with Gasteiger partial charge in [0.25, 0.3) is 5.91 Å². The minimum Gasteiger partial charge on any atom is -0.399 e. The lowest BCUT2D eigenvalue weighted by molar-refractivity contribution is -0.110. The highest BCUT2D eigenvalue weighted by atomic mass is 16.2. The van der Waals surface area contributed by atoms with Crippen LogP contribution in [-0.4, -0.2) is 22.8 Å². The number of nitrogens with one attached hydrogen (secondary N) is 2. The van der Waals surface area contributed by atoms with Gasteiger partial charge in [0, 0.05) is 47.6 Å². The molecule has 0 saturated heterocycles. The molecule has 1 aromatic heterocycles. The van der Waals surface area contributed by atoms with Gasteiger partial charge in [-0.15, -0.1) is 0 Å². The number of aromatic nitrogens is 1. The average molecular weight is 399 g/mol. The molecular weight excluding hydrogens is 374 g/mol. The number of hydrogen-bond acceptors (Lipinski definition) is 5. The first-order chi connectivity index (χ1) is 14.5. The number of nitrogens with two attached hydrogens (primary N) is 1. The van der Waals surface area contributed by atoms with E-state index in [9.17, 15) is 4.79 Å². The summed E-state index contributed by atoms with van der Waals surface area (Å²) in [4.78, 5) is 19.0. The minimum atomic E-state index is -0.117. The summed E-state index contributed by atoms with van der Waals surface area (Å²) in [6, 6.07) is 19.7. The number of nitrogen functional groups attached to an aromatic ring is 1. The van der Waals surface area contributed by atoms with Crippen molar-refractivity contribution in [1.82, 2.24) is 9.88 Å². The smallest absolute Gasteiger partial charge is 0.258 e. The minimum absolute atomic E-state index is 0.117. The fraction of sp³-hybridized carbons (Fsp3) is 0.167. The normalized spacial score (nSPS) is 14.4. The number of pyridine rings is 1. The number of allylic oxidation sites excluding steroid dienone is 1. The lowest BCUT2D eigenvalue weighted by Crippen LogP contribution is -2.17. The van der Waals surface area contributed by atoms with E-state index in [-0.39, 0.29) is 5.91 Å². The van der Waals surface area contributed by atoms with E-state index in [1.807, 2.05) is 55.6 Å². The summed E-state index contributed by atoms with van der Waals surface area (Å²) >= 11 is 0. The van der Waals surface area contributed by atoms with Crippen molar-refractivity contribution in [2.45, 2.75) is 20.0 Å². The van der Waals surface area contributed by atoms with Crippen molar-refractivity contribution in [3.63, 3.8) is 0 Å². The first-order valence-corrected chi connectivity index (χ1v) is 9.86. The molecule has 0 unspecified atom stereocenters. The van der Waals surface area contributed by atoms with Gasteiger partial charge >= 0.3 is 0 Å². The van der Waals surface area contributed by atoms with Crippen LogP contribution in [0.1, 0.15) is 23.7 Å². The van der Waals surface area contributed by atoms with Crippen molar-refractivity contribution in [2.75, 3.05) is 23.4 Å². The van der Waals surface area contributed by atoms with Gasteiger partial charge in [-0.2, -0.15) is 0 Å². The van der Waals surface area contributed by atoms with Gasteiger partial charge < -0.3 is 16.4 Å². The Bertz CT molecular complexity index is 1090. The van der Waals surface area contributed by atoms with E-state index in [1.165, 1.54) is 5.56 Å². The lowest BCUT2D eigenvalue weighted by Gasteiger charge is -2.17. The monoisotopic (exact) mass is 399 g/mol. The second kappa shape index (κ2) is 8.39. The van der Waals surface area contributed by atoms with Crippen LogP contribution in [0.15, 0.2) is 72.6 Å². The molecule has 4 rings (SSSR count). The van der Waals surface area contributed by atoms with Crippen molar-refractivity contribution in [3.8, 4) is 0 Å². The van der Waals surface area contributed by atoms with Crippen LogP contribution in [0.25, 0.3) is 5.57 Å². The van der Waals surface area contributed by atoms with E-state index in [0.717, 1.165) is 41.4 Å². The van der Waals surface area contributed by atoms with Crippen molar-refractivity contribution < 1.29 is 4.79 Å². The fourth-order valence-electron chi connectivity index (χ4n) is 3.67. The van der Waals surface area contributed by atoms with Crippen molar-refractivity contribution >= 4 is 28.5 Å². The molecule has 0 spiro atoms. The molecule has 0 aliphatic carbocycles. The summed E-state index contributed by atoms with van der Waals surface area (Å²) in [5.74, 6) is -0.117. The van der Waals surface area contributed by atoms with Crippen LogP contribution in [0.3, 0.4) is 0 Å². The van der Waals surface area contributed by atoms with Gasteiger partial charge in [0.2, 0.25) is 0 Å². The molecule has 1 amide bonds. The molecule has 0 saturated carbocycles. The standard InChI is InChI=1S/C24H25N5O/c1-16(23-21-13-18(25)8-11-22(21)28-24(23)30)27-19-9-6-17(7-10-19)14-29(2)15-20-5-3-4-12-26-20/h3-13,27H,14-15,25H2,1-2H3,(H,28,30). The van der Waals surface area contributed by atoms with Crippen LogP contribution in [-0.2, 0) is 17.9 Å². The molecule has 2 heterocycles. The van der Waals surface area contributed by atoms with E-state index in [4.69, 9.17) is 5.73 Å². The Morgan fingerprint density at radius 2 is 1.90 bits per heavy atom. The third-order valence-electron chi connectivity index (χ3n) is 5.06. The molecule has 0 radical (unpaired) electrons. The number of hydrogen-bond donors (Lipinski definition) is 3. The largest absolute Gasteiger partial charge is 0.399 e. The number of benzene rings is 2. The van der Waals surface area contributed by atoms with E-state index in [1.54, 1.807) is 6.07 Å². The summed E-state index contributed by atoms with van der Waals surface area (Å²) in [5, 5.41) is 6.24. The summed E-state index contributed by atoms with van der Waals surface area (Å²) in [6.07, 6.45) is 1.82. The van der Waals surface area contributed by atoms with Gasteiger partial charge in [-0.3, -0.25) is 14.7 Å². The van der Waals surface area contributed by atoms with Crippen LogP contribution >= 0.6 is 0 Å². The predicted molar refractivity (Wildman–Crippen MR) is 122 cm³/mol. The second-order valence-corrected chi connectivity index (χ2v) is 7.57. The van der Waals surface area contributed by atoms with Crippen molar-refractivity contribution in [1.29, 1.82) is 0 Å². The zero-order valence-electron chi connectivity index (χ0n) is 17.1. The fourth-order valence-corrected chi connectivity index (χ4v) is 3.67. The van der Waals surface area contributed by atoms with Crippen molar-refractivity contribution in [2.24, 2.45) is 0 Å². The summed E-state index contributed by atoms with van der Waals surface area (Å²) < 4.78 is 0. The molecule has 6 heteroatoms. The van der Waals surface area contributed by atoms with E-state index >= 15 is 0 Å². The Hall–Kier alpha value is -3.64. The number of carbonyl (C=O) groups is 1. The molecule has 0 bridgehead atoms. The lowest BCUT2D eigenvalue weighted by atomic mass is 10.0. The van der Waals surface area contributed by atoms with Gasteiger partial charge in [0.15, 0.2) is 0 Å². The van der Waals surface area contributed by atoms with Crippen LogP contribution < -0.4 is 16.4 Å². The quantitative estimate of drug-likeness (QED) is 0.430. The van der Waals surface area contributed by atoms with Gasteiger partial charge in [0.1, 0.15) is 0 Å². The molecular formula is C24H25N5O. The highest BCUT2D eigenvalue weighted by molar-refractivity contribution is 6.32. The maximum atomic E-state index is 12.4.